The first-order valence-corrected chi connectivity index (χ1v) is 19.6. The Morgan fingerprint density at radius 1 is 0.457 bits per heavy atom. The zero-order chi connectivity index (χ0) is 33.2. The standard InChI is InChI=1S/C44H70N2/c1-7-13-15-16-17-18-19-20-21-22-23-24-25-26-28-30-44(46-42-35-39(11-5)32-40(12-6)36-42)43(29-27-14-8-2)45-41-33-37(9-3)31-38(10-4)34-41/h28,30-36H,7-27,29H2,1-6H3. The van der Waals surface area contributed by atoms with E-state index in [0.29, 0.717) is 0 Å². The predicted octanol–water partition coefficient (Wildman–Crippen LogP) is 14.4. The van der Waals surface area contributed by atoms with E-state index >= 15 is 0 Å². The third-order valence-electron chi connectivity index (χ3n) is 9.28. The van der Waals surface area contributed by atoms with Gasteiger partial charge in [0.25, 0.3) is 0 Å². The van der Waals surface area contributed by atoms with Crippen LogP contribution in [0.4, 0.5) is 11.4 Å². The normalized spacial score (nSPS) is 12.5. The molecule has 0 saturated heterocycles. The molecule has 0 aliphatic heterocycles. The van der Waals surface area contributed by atoms with Crippen LogP contribution in [0.3, 0.4) is 0 Å². The van der Waals surface area contributed by atoms with Crippen LogP contribution in [0, 0.1) is 0 Å². The van der Waals surface area contributed by atoms with E-state index in [2.05, 4.69) is 90.1 Å². The van der Waals surface area contributed by atoms with Crippen LogP contribution in [0.1, 0.15) is 179 Å². The zero-order valence-electron chi connectivity index (χ0n) is 31.1. The number of benzene rings is 2. The molecule has 0 N–H and O–H groups in total. The lowest BCUT2D eigenvalue weighted by molar-refractivity contribution is 0.540. The van der Waals surface area contributed by atoms with Crippen molar-refractivity contribution >= 4 is 22.8 Å². The maximum absolute atomic E-state index is 5.35. The minimum Gasteiger partial charge on any atom is -0.251 e. The predicted molar refractivity (Wildman–Crippen MR) is 208 cm³/mol. The summed E-state index contributed by atoms with van der Waals surface area (Å²) in [6.07, 6.45) is 32.6. The minimum absolute atomic E-state index is 0.960. The van der Waals surface area contributed by atoms with Crippen LogP contribution in [-0.2, 0) is 25.7 Å². The summed E-state index contributed by atoms with van der Waals surface area (Å²) in [4.78, 5) is 10.7. The molecule has 0 aromatic heterocycles. The van der Waals surface area contributed by atoms with Crippen molar-refractivity contribution in [2.75, 3.05) is 0 Å². The average molecular weight is 627 g/mol. The molecule has 0 bridgehead atoms. The van der Waals surface area contributed by atoms with E-state index in [1.54, 1.807) is 0 Å². The number of rotatable bonds is 26. The maximum atomic E-state index is 5.35. The number of aryl methyl sites for hydroxylation is 4. The third kappa shape index (κ3) is 16.9. The van der Waals surface area contributed by atoms with Crippen molar-refractivity contribution < 1.29 is 0 Å². The van der Waals surface area contributed by atoms with Crippen LogP contribution in [0.25, 0.3) is 0 Å². The molecule has 0 unspecified atom stereocenters. The molecule has 0 heterocycles. The van der Waals surface area contributed by atoms with Gasteiger partial charge in [-0.15, -0.1) is 0 Å². The van der Waals surface area contributed by atoms with Gasteiger partial charge in [0.15, 0.2) is 0 Å². The van der Waals surface area contributed by atoms with Crippen LogP contribution in [0.2, 0.25) is 0 Å². The number of hydrogen-bond donors (Lipinski definition) is 0. The van der Waals surface area contributed by atoms with Crippen LogP contribution < -0.4 is 0 Å². The van der Waals surface area contributed by atoms with Gasteiger partial charge in [0.1, 0.15) is 0 Å². The summed E-state index contributed by atoms with van der Waals surface area (Å²) in [5, 5.41) is 0. The van der Waals surface area contributed by atoms with Gasteiger partial charge < -0.3 is 0 Å². The summed E-state index contributed by atoms with van der Waals surface area (Å²) >= 11 is 0. The van der Waals surface area contributed by atoms with Gasteiger partial charge in [-0.1, -0.05) is 150 Å². The lowest BCUT2D eigenvalue weighted by atomic mass is 10.0. The molecule has 2 rings (SSSR count). The van der Waals surface area contributed by atoms with Crippen molar-refractivity contribution in [3.05, 3.63) is 70.8 Å². The van der Waals surface area contributed by atoms with E-state index in [1.807, 2.05) is 0 Å². The highest BCUT2D eigenvalue weighted by molar-refractivity contribution is 6.47. The highest BCUT2D eigenvalue weighted by Gasteiger charge is 2.10. The van der Waals surface area contributed by atoms with Gasteiger partial charge in [0.05, 0.1) is 22.8 Å². The van der Waals surface area contributed by atoms with Crippen molar-refractivity contribution in [3.63, 3.8) is 0 Å². The second-order valence-corrected chi connectivity index (χ2v) is 13.4. The van der Waals surface area contributed by atoms with Gasteiger partial charge in [-0.05, 0) is 104 Å². The molecular formula is C44H70N2. The first-order valence-electron chi connectivity index (χ1n) is 19.6. The van der Waals surface area contributed by atoms with Gasteiger partial charge in [-0.25, -0.2) is 4.99 Å². The first kappa shape index (κ1) is 39.7. The van der Waals surface area contributed by atoms with Crippen molar-refractivity contribution in [1.82, 2.24) is 0 Å². The van der Waals surface area contributed by atoms with Gasteiger partial charge in [-0.2, -0.15) is 0 Å². The van der Waals surface area contributed by atoms with Gasteiger partial charge in [0.2, 0.25) is 0 Å². The fraction of sp³-hybridized carbons (Fsp3) is 0.636. The second-order valence-electron chi connectivity index (χ2n) is 13.4. The largest absolute Gasteiger partial charge is 0.251 e. The molecule has 0 aliphatic carbocycles. The monoisotopic (exact) mass is 627 g/mol. The van der Waals surface area contributed by atoms with Crippen molar-refractivity contribution in [2.45, 2.75) is 183 Å². The van der Waals surface area contributed by atoms with Gasteiger partial charge in [0, 0.05) is 0 Å². The molecule has 2 aromatic rings. The fourth-order valence-corrected chi connectivity index (χ4v) is 6.18. The molecule has 0 fully saturated rings. The van der Waals surface area contributed by atoms with Crippen LogP contribution >= 0.6 is 0 Å². The molecule has 0 atom stereocenters. The maximum Gasteiger partial charge on any atom is 0.0848 e. The van der Waals surface area contributed by atoms with E-state index in [4.69, 9.17) is 9.98 Å². The van der Waals surface area contributed by atoms with E-state index in [1.165, 1.54) is 119 Å². The van der Waals surface area contributed by atoms with Gasteiger partial charge >= 0.3 is 0 Å². The summed E-state index contributed by atoms with van der Waals surface area (Å²) < 4.78 is 0. The summed E-state index contributed by atoms with van der Waals surface area (Å²) in [6.45, 7) is 13.5. The average Bonchev–Trinajstić information content (AvgIpc) is 3.08. The Morgan fingerprint density at radius 3 is 1.28 bits per heavy atom. The summed E-state index contributed by atoms with van der Waals surface area (Å²) in [5.41, 5.74) is 9.78. The van der Waals surface area contributed by atoms with Crippen LogP contribution in [0.5, 0.6) is 0 Å². The van der Waals surface area contributed by atoms with Crippen LogP contribution in [0.15, 0.2) is 58.5 Å². The van der Waals surface area contributed by atoms with Crippen molar-refractivity contribution in [2.24, 2.45) is 9.98 Å². The Kier molecular flexibility index (Phi) is 22.1. The number of aliphatic imine (C=N–C) groups is 2. The molecule has 0 spiro atoms. The number of hydrogen-bond acceptors (Lipinski definition) is 2. The van der Waals surface area contributed by atoms with Gasteiger partial charge in [-0.3, -0.25) is 4.99 Å². The Labute approximate surface area is 285 Å². The van der Waals surface area contributed by atoms with E-state index in [-0.39, 0.29) is 0 Å². The second kappa shape index (κ2) is 25.6. The SMILES string of the molecule is CCCCCCCCCCCCCCCC=CC(=Nc1cc(CC)cc(CC)c1)C(CCCCC)=Nc1cc(CC)cc(CC)c1. The summed E-state index contributed by atoms with van der Waals surface area (Å²) in [5.74, 6) is 0. The summed E-state index contributed by atoms with van der Waals surface area (Å²) in [6, 6.07) is 13.8. The molecule has 2 nitrogen and oxygen atoms in total. The number of allylic oxidation sites excluding steroid dienone is 2. The Balaban J connectivity index is 2.15. The molecule has 2 aromatic carbocycles. The molecule has 256 valence electrons. The Hall–Kier alpha value is -2.48. The van der Waals surface area contributed by atoms with Crippen LogP contribution in [-0.4, -0.2) is 11.4 Å². The third-order valence-corrected chi connectivity index (χ3v) is 9.28. The Morgan fingerprint density at radius 2 is 0.848 bits per heavy atom. The molecule has 0 radical (unpaired) electrons. The van der Waals surface area contributed by atoms with E-state index < -0.39 is 0 Å². The quantitative estimate of drug-likeness (QED) is 0.0733. The van der Waals surface area contributed by atoms with Crippen molar-refractivity contribution in [3.8, 4) is 0 Å². The van der Waals surface area contributed by atoms with E-state index in [0.717, 1.165) is 67.7 Å². The first-order chi connectivity index (χ1) is 22.6. The molecule has 0 amide bonds. The van der Waals surface area contributed by atoms with Crippen molar-refractivity contribution in [1.29, 1.82) is 0 Å². The minimum atomic E-state index is 0.960. The highest BCUT2D eigenvalue weighted by atomic mass is 14.8. The lowest BCUT2D eigenvalue weighted by Crippen LogP contribution is -2.12. The summed E-state index contributed by atoms with van der Waals surface area (Å²) in [7, 11) is 0. The number of nitrogens with zero attached hydrogens (tertiary/aromatic N) is 2. The zero-order valence-corrected chi connectivity index (χ0v) is 31.1. The smallest absolute Gasteiger partial charge is 0.0848 e. The highest BCUT2D eigenvalue weighted by Crippen LogP contribution is 2.24. The molecule has 46 heavy (non-hydrogen) atoms. The number of unbranched alkanes of at least 4 members (excludes halogenated alkanes) is 15. The molecule has 0 saturated carbocycles. The molecule has 0 aliphatic rings. The lowest BCUT2D eigenvalue weighted by Gasteiger charge is -2.11. The topological polar surface area (TPSA) is 24.7 Å². The van der Waals surface area contributed by atoms with E-state index in [9.17, 15) is 0 Å². The Bertz CT molecular complexity index is 1120. The molecular weight excluding hydrogens is 556 g/mol. The molecule has 2 heteroatoms. The fourth-order valence-electron chi connectivity index (χ4n) is 6.18.